The monoisotopic (exact) mass is 381 g/mol. The molecule has 0 spiro atoms. The van der Waals surface area contributed by atoms with Gasteiger partial charge in [-0.25, -0.2) is 19.3 Å². The Morgan fingerprint density at radius 3 is 2.68 bits per heavy atom. The fourth-order valence-electron chi connectivity index (χ4n) is 3.44. The number of hydrogen-bond donors (Lipinski definition) is 1. The van der Waals surface area contributed by atoms with E-state index in [-0.39, 0.29) is 11.6 Å². The van der Waals surface area contributed by atoms with Crippen molar-refractivity contribution in [1.82, 2.24) is 34.5 Å². The topological polar surface area (TPSA) is 107 Å². The molecule has 10 heteroatoms. The van der Waals surface area contributed by atoms with Gasteiger partial charge in [-0.2, -0.15) is 10.1 Å². The van der Waals surface area contributed by atoms with Gasteiger partial charge < -0.3 is 10.2 Å². The van der Waals surface area contributed by atoms with Gasteiger partial charge in [0.25, 0.3) is 5.56 Å². The van der Waals surface area contributed by atoms with E-state index in [4.69, 9.17) is 0 Å². The fourth-order valence-corrected chi connectivity index (χ4v) is 3.44. The molecule has 0 saturated heterocycles. The summed E-state index contributed by atoms with van der Waals surface area (Å²) in [7, 11) is 3.84. The summed E-state index contributed by atoms with van der Waals surface area (Å²) in [5, 5.41) is 12.1. The number of rotatable bonds is 5. The van der Waals surface area contributed by atoms with Gasteiger partial charge in [0.2, 0.25) is 5.95 Å². The van der Waals surface area contributed by atoms with Gasteiger partial charge in [0.1, 0.15) is 18.5 Å². The Balaban J connectivity index is 1.42. The normalized spacial score (nSPS) is 19.4. The predicted octanol–water partition coefficient (Wildman–Crippen LogP) is 1.28. The molecule has 1 aliphatic carbocycles. The quantitative estimate of drug-likeness (QED) is 0.704. The number of anilines is 2. The van der Waals surface area contributed by atoms with Crippen LogP contribution in [0.15, 0.2) is 41.8 Å². The van der Waals surface area contributed by atoms with Gasteiger partial charge in [0, 0.05) is 32.4 Å². The Hall–Kier alpha value is -3.30. The number of aromatic nitrogens is 7. The molecule has 3 aromatic heterocycles. The molecule has 3 heterocycles. The van der Waals surface area contributed by atoms with E-state index < -0.39 is 0 Å². The van der Waals surface area contributed by atoms with Gasteiger partial charge in [0.15, 0.2) is 5.82 Å². The molecule has 1 N–H and O–H groups in total. The highest BCUT2D eigenvalue weighted by Crippen LogP contribution is 2.28. The van der Waals surface area contributed by atoms with Crippen LogP contribution in [0.4, 0.5) is 11.8 Å². The van der Waals surface area contributed by atoms with Crippen LogP contribution < -0.4 is 15.8 Å². The first kappa shape index (κ1) is 18.1. The Morgan fingerprint density at radius 1 is 1.14 bits per heavy atom. The zero-order valence-electron chi connectivity index (χ0n) is 15.9. The lowest BCUT2D eigenvalue weighted by atomic mass is 9.91. The fraction of sp³-hybridized carbons (Fsp3) is 0.444. The summed E-state index contributed by atoms with van der Waals surface area (Å²) >= 11 is 0. The van der Waals surface area contributed by atoms with Gasteiger partial charge >= 0.3 is 0 Å². The highest BCUT2D eigenvalue weighted by Gasteiger charge is 2.24. The van der Waals surface area contributed by atoms with Crippen molar-refractivity contribution in [2.45, 2.75) is 37.8 Å². The van der Waals surface area contributed by atoms with Crippen LogP contribution in [0.1, 0.15) is 31.7 Å². The van der Waals surface area contributed by atoms with Gasteiger partial charge in [-0.05, 0) is 37.8 Å². The largest absolute Gasteiger partial charge is 0.367 e. The van der Waals surface area contributed by atoms with E-state index in [1.807, 2.05) is 25.1 Å². The maximum atomic E-state index is 12.3. The third kappa shape index (κ3) is 3.85. The maximum Gasteiger partial charge on any atom is 0.267 e. The van der Waals surface area contributed by atoms with Crippen LogP contribution in [-0.4, -0.2) is 54.7 Å². The molecule has 0 atom stereocenters. The standard InChI is InChI=1S/C18H23N9O/c1-25(2)18-20-10-9-15(23-18)22-13-3-5-14(6-4-13)27-17(28)8-7-16(24-27)26-12-19-11-21-26/h7-14H,3-6H2,1-2H3,(H,20,22,23). The van der Waals surface area contributed by atoms with Crippen LogP contribution in [0.5, 0.6) is 0 Å². The lowest BCUT2D eigenvalue weighted by Gasteiger charge is -2.30. The molecule has 1 fully saturated rings. The SMILES string of the molecule is CN(C)c1nccc(NC2CCC(n3nc(-n4cncn4)ccc3=O)CC2)n1. The molecule has 28 heavy (non-hydrogen) atoms. The molecule has 10 nitrogen and oxygen atoms in total. The first-order valence-corrected chi connectivity index (χ1v) is 9.32. The Labute approximate surface area is 162 Å². The van der Waals surface area contributed by atoms with Crippen molar-refractivity contribution >= 4 is 11.8 Å². The van der Waals surface area contributed by atoms with Crippen LogP contribution in [0, 0.1) is 0 Å². The van der Waals surface area contributed by atoms with Crippen LogP contribution in [0.3, 0.4) is 0 Å². The molecule has 3 aromatic rings. The van der Waals surface area contributed by atoms with E-state index in [1.54, 1.807) is 28.0 Å². The van der Waals surface area contributed by atoms with Gasteiger partial charge in [-0.15, -0.1) is 5.10 Å². The third-order valence-electron chi connectivity index (χ3n) is 4.90. The van der Waals surface area contributed by atoms with E-state index in [2.05, 4.69) is 30.5 Å². The van der Waals surface area contributed by atoms with E-state index in [1.165, 1.54) is 12.4 Å². The second-order valence-electron chi connectivity index (χ2n) is 7.10. The molecule has 146 valence electrons. The molecule has 0 amide bonds. The zero-order chi connectivity index (χ0) is 19.5. The molecule has 0 unspecified atom stereocenters. The summed E-state index contributed by atoms with van der Waals surface area (Å²) in [4.78, 5) is 26.9. The number of nitrogens with one attached hydrogen (secondary N) is 1. The van der Waals surface area contributed by atoms with Crippen LogP contribution in [0.2, 0.25) is 0 Å². The Kier molecular flexibility index (Phi) is 5.00. The highest BCUT2D eigenvalue weighted by atomic mass is 16.1. The van der Waals surface area contributed by atoms with Crippen LogP contribution in [-0.2, 0) is 0 Å². The van der Waals surface area contributed by atoms with Crippen LogP contribution >= 0.6 is 0 Å². The van der Waals surface area contributed by atoms with E-state index in [9.17, 15) is 4.79 Å². The first-order valence-electron chi connectivity index (χ1n) is 9.32. The smallest absolute Gasteiger partial charge is 0.267 e. The van der Waals surface area contributed by atoms with Gasteiger partial charge in [0.05, 0.1) is 6.04 Å². The van der Waals surface area contributed by atoms with Crippen molar-refractivity contribution in [3.63, 3.8) is 0 Å². The lowest BCUT2D eigenvalue weighted by molar-refractivity contribution is 0.302. The second kappa shape index (κ2) is 7.75. The van der Waals surface area contributed by atoms with Crippen LogP contribution in [0.25, 0.3) is 5.82 Å². The van der Waals surface area contributed by atoms with E-state index in [0.717, 1.165) is 31.5 Å². The lowest BCUT2D eigenvalue weighted by Crippen LogP contribution is -2.33. The minimum Gasteiger partial charge on any atom is -0.367 e. The molecular weight excluding hydrogens is 358 g/mol. The number of hydrogen-bond acceptors (Lipinski definition) is 8. The summed E-state index contributed by atoms with van der Waals surface area (Å²) in [5.41, 5.74) is -0.0910. The van der Waals surface area contributed by atoms with Crippen molar-refractivity contribution in [2.24, 2.45) is 0 Å². The van der Waals surface area contributed by atoms with Crippen molar-refractivity contribution in [1.29, 1.82) is 0 Å². The summed E-state index contributed by atoms with van der Waals surface area (Å²) in [6.07, 6.45) is 8.40. The first-order chi connectivity index (χ1) is 13.6. The second-order valence-corrected chi connectivity index (χ2v) is 7.10. The maximum absolute atomic E-state index is 12.3. The molecule has 4 rings (SSSR count). The van der Waals surface area contributed by atoms with Crippen molar-refractivity contribution < 1.29 is 0 Å². The summed E-state index contributed by atoms with van der Waals surface area (Å²) in [6.45, 7) is 0. The van der Waals surface area contributed by atoms with Gasteiger partial charge in [-0.1, -0.05) is 0 Å². The zero-order valence-corrected chi connectivity index (χ0v) is 15.9. The summed E-state index contributed by atoms with van der Waals surface area (Å²) in [6, 6.07) is 5.48. The molecular formula is C18H23N9O. The molecule has 0 radical (unpaired) electrons. The number of nitrogens with zero attached hydrogens (tertiary/aromatic N) is 8. The molecule has 1 aliphatic rings. The van der Waals surface area contributed by atoms with Crippen molar-refractivity contribution in [2.75, 3.05) is 24.3 Å². The molecule has 0 aromatic carbocycles. The highest BCUT2D eigenvalue weighted by molar-refractivity contribution is 5.41. The molecule has 0 aliphatic heterocycles. The average Bonchev–Trinajstić information content (AvgIpc) is 3.24. The predicted molar refractivity (Wildman–Crippen MR) is 105 cm³/mol. The van der Waals surface area contributed by atoms with Crippen molar-refractivity contribution in [3.8, 4) is 5.82 Å². The van der Waals surface area contributed by atoms with E-state index in [0.29, 0.717) is 17.8 Å². The Bertz CT molecular complexity index is 975. The minimum atomic E-state index is -0.0910. The molecule has 0 bridgehead atoms. The third-order valence-corrected chi connectivity index (χ3v) is 4.90. The summed E-state index contributed by atoms with van der Waals surface area (Å²) < 4.78 is 3.14. The van der Waals surface area contributed by atoms with Crippen molar-refractivity contribution in [3.05, 3.63) is 47.4 Å². The minimum absolute atomic E-state index is 0.0803. The average molecular weight is 381 g/mol. The van der Waals surface area contributed by atoms with E-state index >= 15 is 0 Å². The Morgan fingerprint density at radius 2 is 1.96 bits per heavy atom. The molecule has 1 saturated carbocycles. The van der Waals surface area contributed by atoms with Gasteiger partial charge in [-0.3, -0.25) is 4.79 Å². The summed E-state index contributed by atoms with van der Waals surface area (Å²) in [5.74, 6) is 2.10.